The summed E-state index contributed by atoms with van der Waals surface area (Å²) in [4.78, 5) is 16.6. The van der Waals surface area contributed by atoms with Crippen molar-refractivity contribution in [1.82, 2.24) is 10.6 Å². The van der Waals surface area contributed by atoms with Crippen molar-refractivity contribution in [1.29, 1.82) is 0 Å². The van der Waals surface area contributed by atoms with Crippen LogP contribution in [0.3, 0.4) is 0 Å². The number of amides is 1. The van der Waals surface area contributed by atoms with Crippen LogP contribution in [-0.4, -0.2) is 18.9 Å². The number of nitrogens with zero attached hydrogens (tertiary/aromatic N) is 1. The molecule has 1 saturated carbocycles. The van der Waals surface area contributed by atoms with E-state index < -0.39 is 0 Å². The maximum atomic E-state index is 12.3. The quantitative estimate of drug-likeness (QED) is 0.283. The molecule has 29 heavy (non-hydrogen) atoms. The van der Waals surface area contributed by atoms with Crippen LogP contribution >= 0.6 is 35.6 Å². The van der Waals surface area contributed by atoms with E-state index in [9.17, 15) is 4.79 Å². The number of aliphatic imine (C=N–C) groups is 1. The van der Waals surface area contributed by atoms with Crippen molar-refractivity contribution in [3.05, 3.63) is 64.7 Å². The summed E-state index contributed by atoms with van der Waals surface area (Å²) >= 11 is 6.02. The van der Waals surface area contributed by atoms with Gasteiger partial charge >= 0.3 is 0 Å². The van der Waals surface area contributed by atoms with Crippen LogP contribution < -0.4 is 16.0 Å². The van der Waals surface area contributed by atoms with Crippen LogP contribution in [0.5, 0.6) is 0 Å². The van der Waals surface area contributed by atoms with Gasteiger partial charge in [0.2, 0.25) is 5.91 Å². The predicted octanol–water partition coefficient (Wildman–Crippen LogP) is 4.95. The van der Waals surface area contributed by atoms with Gasteiger partial charge in [-0.2, -0.15) is 0 Å². The van der Waals surface area contributed by atoms with E-state index in [4.69, 9.17) is 11.6 Å². The lowest BCUT2D eigenvalue weighted by Gasteiger charge is -2.14. The first kappa shape index (κ1) is 23.5. The molecule has 156 valence electrons. The molecule has 5 nitrogen and oxygen atoms in total. The van der Waals surface area contributed by atoms with Crippen LogP contribution in [0.15, 0.2) is 53.5 Å². The molecule has 2 aromatic rings. The number of hydrogen-bond donors (Lipinski definition) is 3. The van der Waals surface area contributed by atoms with Gasteiger partial charge in [0, 0.05) is 36.8 Å². The average Bonchev–Trinajstić information content (AvgIpc) is 3.23. The molecule has 1 aliphatic carbocycles. The highest BCUT2D eigenvalue weighted by Gasteiger charge is 2.22. The second kappa shape index (κ2) is 12.0. The van der Waals surface area contributed by atoms with Crippen molar-refractivity contribution in [2.75, 3.05) is 12.4 Å². The van der Waals surface area contributed by atoms with Crippen LogP contribution in [0.4, 0.5) is 5.69 Å². The molecule has 0 bridgehead atoms. The number of carbonyl (C=O) groups is 1. The summed E-state index contributed by atoms with van der Waals surface area (Å²) in [5.41, 5.74) is 3.01. The number of nitrogens with one attached hydrogen (secondary N) is 3. The van der Waals surface area contributed by atoms with Crippen molar-refractivity contribution >= 4 is 53.1 Å². The summed E-state index contributed by atoms with van der Waals surface area (Å²) in [5, 5.41) is 10.4. The Labute approximate surface area is 194 Å². The first-order valence-electron chi connectivity index (χ1n) is 9.73. The zero-order valence-corrected chi connectivity index (χ0v) is 19.7. The van der Waals surface area contributed by atoms with Gasteiger partial charge < -0.3 is 16.0 Å². The van der Waals surface area contributed by atoms with Crippen LogP contribution in [0.1, 0.15) is 36.8 Å². The van der Waals surface area contributed by atoms with E-state index in [1.807, 2.05) is 48.5 Å². The number of anilines is 1. The highest BCUT2D eigenvalue weighted by molar-refractivity contribution is 14.0. The van der Waals surface area contributed by atoms with E-state index in [0.717, 1.165) is 47.5 Å². The lowest BCUT2D eigenvalue weighted by Crippen LogP contribution is -2.36. The molecule has 0 aliphatic heterocycles. The molecule has 1 aliphatic rings. The fourth-order valence-electron chi connectivity index (χ4n) is 3.43. The van der Waals surface area contributed by atoms with E-state index in [-0.39, 0.29) is 35.8 Å². The van der Waals surface area contributed by atoms with Gasteiger partial charge in [0.1, 0.15) is 0 Å². The lowest BCUT2D eigenvalue weighted by molar-refractivity contribution is -0.119. The minimum atomic E-state index is 0. The standard InChI is InChI=1S/C22H27ClN4O.HI/c1-24-22(25-14-16-6-4-10-19(23)12-16)26-15-17-7-5-11-20(13-17)27-21(28)18-8-2-3-9-18;/h4-7,10-13,18H,2-3,8-9,14-15H2,1H3,(H,27,28)(H2,24,25,26);1H. The number of rotatable bonds is 6. The number of guanidine groups is 1. The summed E-state index contributed by atoms with van der Waals surface area (Å²) in [6.45, 7) is 1.25. The fourth-order valence-corrected chi connectivity index (χ4v) is 3.64. The number of carbonyl (C=O) groups excluding carboxylic acids is 1. The van der Waals surface area contributed by atoms with Crippen molar-refractivity contribution in [3.63, 3.8) is 0 Å². The second-order valence-electron chi connectivity index (χ2n) is 7.08. The van der Waals surface area contributed by atoms with Crippen molar-refractivity contribution in [2.24, 2.45) is 10.9 Å². The molecule has 3 rings (SSSR count). The maximum absolute atomic E-state index is 12.3. The van der Waals surface area contributed by atoms with Gasteiger partial charge in [-0.15, -0.1) is 24.0 Å². The Bertz CT molecular complexity index is 837. The second-order valence-corrected chi connectivity index (χ2v) is 7.52. The van der Waals surface area contributed by atoms with Crippen molar-refractivity contribution in [2.45, 2.75) is 38.8 Å². The topological polar surface area (TPSA) is 65.5 Å². The average molecular weight is 527 g/mol. The molecule has 2 aromatic carbocycles. The monoisotopic (exact) mass is 526 g/mol. The van der Waals surface area contributed by atoms with Gasteiger partial charge in [0.05, 0.1) is 0 Å². The Morgan fingerprint density at radius 3 is 2.28 bits per heavy atom. The minimum absolute atomic E-state index is 0. The molecule has 0 radical (unpaired) electrons. The molecule has 0 atom stereocenters. The van der Waals surface area contributed by atoms with Gasteiger partial charge in [-0.1, -0.05) is 48.7 Å². The van der Waals surface area contributed by atoms with Crippen LogP contribution in [0.25, 0.3) is 0 Å². The summed E-state index contributed by atoms with van der Waals surface area (Å²) in [6, 6.07) is 15.7. The lowest BCUT2D eigenvalue weighted by atomic mass is 10.1. The maximum Gasteiger partial charge on any atom is 0.227 e. The van der Waals surface area contributed by atoms with Gasteiger partial charge in [-0.25, -0.2) is 0 Å². The zero-order valence-electron chi connectivity index (χ0n) is 16.6. The van der Waals surface area contributed by atoms with Gasteiger partial charge in [-0.05, 0) is 48.2 Å². The van der Waals surface area contributed by atoms with Gasteiger partial charge in [0.25, 0.3) is 0 Å². The molecule has 7 heteroatoms. The molecule has 1 amide bonds. The van der Waals surface area contributed by atoms with E-state index in [0.29, 0.717) is 19.0 Å². The fraction of sp³-hybridized carbons (Fsp3) is 0.364. The number of halogens is 2. The number of benzene rings is 2. The van der Waals surface area contributed by atoms with Gasteiger partial charge in [0.15, 0.2) is 5.96 Å². The smallest absolute Gasteiger partial charge is 0.227 e. The number of hydrogen-bond acceptors (Lipinski definition) is 2. The van der Waals surface area contributed by atoms with Crippen molar-refractivity contribution < 1.29 is 4.79 Å². The molecule has 3 N–H and O–H groups in total. The Balaban J connectivity index is 0.00000300. The van der Waals surface area contributed by atoms with E-state index in [1.54, 1.807) is 7.05 Å². The summed E-state index contributed by atoms with van der Waals surface area (Å²) in [5.74, 6) is 1.01. The van der Waals surface area contributed by atoms with Crippen LogP contribution in [0.2, 0.25) is 5.02 Å². The third-order valence-corrected chi connectivity index (χ3v) is 5.19. The summed E-state index contributed by atoms with van der Waals surface area (Å²) < 4.78 is 0. The van der Waals surface area contributed by atoms with E-state index >= 15 is 0 Å². The highest BCUT2D eigenvalue weighted by Crippen LogP contribution is 2.26. The Hall–Kier alpha value is -1.80. The summed E-state index contributed by atoms with van der Waals surface area (Å²) in [6.07, 6.45) is 4.32. The van der Waals surface area contributed by atoms with E-state index in [2.05, 4.69) is 20.9 Å². The Kier molecular flexibility index (Phi) is 9.73. The molecule has 0 aromatic heterocycles. The van der Waals surface area contributed by atoms with Crippen molar-refractivity contribution in [3.8, 4) is 0 Å². The molecule has 1 fully saturated rings. The molecular formula is C22H28ClIN4O. The normalized spacial score (nSPS) is 14.2. The molecular weight excluding hydrogens is 499 g/mol. The molecule has 0 unspecified atom stereocenters. The first-order valence-corrected chi connectivity index (χ1v) is 10.1. The molecule has 0 saturated heterocycles. The molecule has 0 spiro atoms. The first-order chi connectivity index (χ1) is 13.6. The third kappa shape index (κ3) is 7.51. The predicted molar refractivity (Wildman–Crippen MR) is 131 cm³/mol. The zero-order chi connectivity index (χ0) is 19.8. The van der Waals surface area contributed by atoms with E-state index in [1.165, 1.54) is 0 Å². The SMILES string of the molecule is CN=C(NCc1cccc(Cl)c1)NCc1cccc(NC(=O)C2CCCC2)c1.I. The Morgan fingerprint density at radius 1 is 1.03 bits per heavy atom. The van der Waals surface area contributed by atoms with Crippen LogP contribution in [0, 0.1) is 5.92 Å². The third-order valence-electron chi connectivity index (χ3n) is 4.95. The largest absolute Gasteiger partial charge is 0.352 e. The minimum Gasteiger partial charge on any atom is -0.352 e. The summed E-state index contributed by atoms with van der Waals surface area (Å²) in [7, 11) is 1.74. The Morgan fingerprint density at radius 2 is 1.66 bits per heavy atom. The highest BCUT2D eigenvalue weighted by atomic mass is 127. The molecule has 0 heterocycles. The van der Waals surface area contributed by atoms with Gasteiger partial charge in [-0.3, -0.25) is 9.79 Å². The van der Waals surface area contributed by atoms with Crippen LogP contribution in [-0.2, 0) is 17.9 Å².